The van der Waals surface area contributed by atoms with Crippen molar-refractivity contribution in [3.63, 3.8) is 0 Å². The number of nitrogens with one attached hydrogen (secondary N) is 3. The molecule has 0 saturated heterocycles. The number of amides is 2. The molecule has 3 aromatic rings. The maximum Gasteiger partial charge on any atom is 0.338 e. The van der Waals surface area contributed by atoms with Gasteiger partial charge in [0.05, 0.1) is 41.4 Å². The number of aromatic nitrogens is 2. The zero-order valence-electron chi connectivity index (χ0n) is 17.5. The number of fused-ring (bicyclic) bond motifs is 1. The van der Waals surface area contributed by atoms with E-state index < -0.39 is 24.0 Å². The summed E-state index contributed by atoms with van der Waals surface area (Å²) in [5.74, 6) is -1.27. The van der Waals surface area contributed by atoms with Gasteiger partial charge in [-0.05, 0) is 24.4 Å². The highest BCUT2D eigenvalue weighted by Gasteiger charge is 2.34. The Labute approximate surface area is 191 Å². The molecule has 33 heavy (non-hydrogen) atoms. The Bertz CT molecular complexity index is 1300. The summed E-state index contributed by atoms with van der Waals surface area (Å²) in [5.41, 5.74) is 0.298. The van der Waals surface area contributed by atoms with Crippen molar-refractivity contribution in [2.24, 2.45) is 0 Å². The molecular weight excluding hydrogens is 448 g/mol. The van der Waals surface area contributed by atoms with Crippen molar-refractivity contribution in [3.05, 3.63) is 74.0 Å². The SMILES string of the molecule is CCOC(=O)C1=C(COC(=O)Cc2n[nH]c(=O)c3ccccc23)NC(=O)NC1c1cccs1. The molecule has 0 saturated carbocycles. The van der Waals surface area contributed by atoms with Crippen LogP contribution in [0.5, 0.6) is 0 Å². The standard InChI is InChI=1S/C22H20N4O6S/c1-2-31-21(29)18-15(23-22(30)24-19(18)16-8-5-9-33-16)11-32-17(27)10-14-12-6-3-4-7-13(12)20(28)26-25-14/h3-9,19H,2,10-11H2,1H3,(H,26,28)(H2,23,24,30). The number of hydrogen-bond acceptors (Lipinski definition) is 8. The Balaban J connectivity index is 1.57. The molecule has 1 atom stereocenters. The molecule has 0 radical (unpaired) electrons. The number of hydrogen-bond donors (Lipinski definition) is 3. The topological polar surface area (TPSA) is 139 Å². The lowest BCUT2D eigenvalue weighted by atomic mass is 10.0. The van der Waals surface area contributed by atoms with Gasteiger partial charge in [-0.1, -0.05) is 24.3 Å². The number of nitrogens with zero attached hydrogens (tertiary/aromatic N) is 1. The average molecular weight is 468 g/mol. The van der Waals surface area contributed by atoms with E-state index in [9.17, 15) is 19.2 Å². The van der Waals surface area contributed by atoms with Crippen LogP contribution in [0.3, 0.4) is 0 Å². The Morgan fingerprint density at radius 3 is 2.61 bits per heavy atom. The molecule has 1 aliphatic heterocycles. The zero-order chi connectivity index (χ0) is 23.4. The molecule has 11 heteroatoms. The number of aromatic amines is 1. The van der Waals surface area contributed by atoms with Crippen molar-refractivity contribution >= 4 is 40.1 Å². The van der Waals surface area contributed by atoms with Crippen LogP contribution in [0, 0.1) is 0 Å². The maximum absolute atomic E-state index is 12.7. The summed E-state index contributed by atoms with van der Waals surface area (Å²) in [7, 11) is 0. The third-order valence-electron chi connectivity index (χ3n) is 4.94. The number of esters is 2. The number of rotatable bonds is 7. The largest absolute Gasteiger partial charge is 0.463 e. The molecule has 0 spiro atoms. The van der Waals surface area contributed by atoms with Crippen molar-refractivity contribution in [1.29, 1.82) is 0 Å². The zero-order valence-corrected chi connectivity index (χ0v) is 18.4. The van der Waals surface area contributed by atoms with Gasteiger partial charge in [0.1, 0.15) is 6.61 Å². The number of urea groups is 1. The summed E-state index contributed by atoms with van der Waals surface area (Å²) < 4.78 is 10.5. The molecule has 3 heterocycles. The van der Waals surface area contributed by atoms with E-state index in [0.717, 1.165) is 4.88 Å². The highest BCUT2D eigenvalue weighted by molar-refractivity contribution is 7.10. The molecule has 2 amide bonds. The van der Waals surface area contributed by atoms with Crippen molar-refractivity contribution < 1.29 is 23.9 Å². The van der Waals surface area contributed by atoms with E-state index in [2.05, 4.69) is 20.8 Å². The van der Waals surface area contributed by atoms with Crippen LogP contribution in [0.4, 0.5) is 4.79 Å². The average Bonchev–Trinajstić information content (AvgIpc) is 3.34. The number of benzene rings is 1. The van der Waals surface area contributed by atoms with E-state index in [4.69, 9.17) is 9.47 Å². The van der Waals surface area contributed by atoms with E-state index in [0.29, 0.717) is 16.5 Å². The van der Waals surface area contributed by atoms with Gasteiger partial charge in [0.25, 0.3) is 5.56 Å². The van der Waals surface area contributed by atoms with Crippen LogP contribution >= 0.6 is 11.3 Å². The minimum atomic E-state index is -0.726. The van der Waals surface area contributed by atoms with Crippen LogP contribution in [0.15, 0.2) is 57.8 Å². The van der Waals surface area contributed by atoms with Crippen molar-refractivity contribution in [2.75, 3.05) is 13.2 Å². The first kappa shape index (κ1) is 22.2. The molecule has 170 valence electrons. The fourth-order valence-corrected chi connectivity index (χ4v) is 4.28. The predicted octanol–water partition coefficient (Wildman–Crippen LogP) is 1.94. The minimum Gasteiger partial charge on any atom is -0.463 e. The molecule has 0 bridgehead atoms. The minimum absolute atomic E-state index is 0.142. The monoisotopic (exact) mass is 468 g/mol. The lowest BCUT2D eigenvalue weighted by molar-refractivity contribution is -0.143. The Morgan fingerprint density at radius 2 is 1.88 bits per heavy atom. The lowest BCUT2D eigenvalue weighted by Crippen LogP contribution is -2.47. The number of thiophene rings is 1. The van der Waals surface area contributed by atoms with Crippen LogP contribution < -0.4 is 16.2 Å². The van der Waals surface area contributed by atoms with Gasteiger partial charge in [0, 0.05) is 10.3 Å². The number of H-pyrrole nitrogens is 1. The van der Waals surface area contributed by atoms with Gasteiger partial charge in [-0.15, -0.1) is 11.3 Å². The van der Waals surface area contributed by atoms with E-state index >= 15 is 0 Å². The summed E-state index contributed by atoms with van der Waals surface area (Å²) >= 11 is 1.37. The van der Waals surface area contributed by atoms with Gasteiger partial charge in [0.15, 0.2) is 0 Å². The summed E-state index contributed by atoms with van der Waals surface area (Å²) in [6.07, 6.45) is -0.208. The van der Waals surface area contributed by atoms with Crippen LogP contribution in [0.25, 0.3) is 10.8 Å². The highest BCUT2D eigenvalue weighted by atomic mass is 32.1. The van der Waals surface area contributed by atoms with Crippen LogP contribution in [0.1, 0.15) is 23.5 Å². The molecule has 2 aromatic heterocycles. The summed E-state index contributed by atoms with van der Waals surface area (Å²) in [6, 6.07) is 9.12. The Morgan fingerprint density at radius 1 is 1.09 bits per heavy atom. The summed E-state index contributed by atoms with van der Waals surface area (Å²) in [5, 5.41) is 14.4. The van der Waals surface area contributed by atoms with Gasteiger partial charge < -0.3 is 20.1 Å². The van der Waals surface area contributed by atoms with Gasteiger partial charge in [0.2, 0.25) is 0 Å². The Hall–Kier alpha value is -3.99. The molecule has 4 rings (SSSR count). The van der Waals surface area contributed by atoms with Crippen LogP contribution in [-0.4, -0.2) is 41.4 Å². The first-order valence-electron chi connectivity index (χ1n) is 10.1. The maximum atomic E-state index is 12.7. The highest BCUT2D eigenvalue weighted by Crippen LogP contribution is 2.30. The number of ether oxygens (including phenoxy) is 2. The van der Waals surface area contributed by atoms with Gasteiger partial charge in [-0.25, -0.2) is 14.7 Å². The second kappa shape index (κ2) is 9.65. The van der Waals surface area contributed by atoms with E-state index in [-0.39, 0.29) is 36.5 Å². The number of carbonyl (C=O) groups excluding carboxylic acids is 3. The molecule has 1 unspecified atom stereocenters. The normalized spacial score (nSPS) is 15.7. The van der Waals surface area contributed by atoms with Gasteiger partial charge >= 0.3 is 18.0 Å². The molecule has 1 aliphatic rings. The second-order valence-corrected chi connectivity index (χ2v) is 8.02. The molecule has 10 nitrogen and oxygen atoms in total. The van der Waals surface area contributed by atoms with E-state index in [1.54, 1.807) is 43.3 Å². The van der Waals surface area contributed by atoms with Gasteiger partial charge in [-0.3, -0.25) is 9.59 Å². The summed E-state index contributed by atoms with van der Waals surface area (Å²) in [4.78, 5) is 50.1. The molecule has 0 fully saturated rings. The fourth-order valence-electron chi connectivity index (χ4n) is 3.50. The van der Waals surface area contributed by atoms with Crippen molar-refractivity contribution in [3.8, 4) is 0 Å². The van der Waals surface area contributed by atoms with E-state index in [1.165, 1.54) is 11.3 Å². The second-order valence-electron chi connectivity index (χ2n) is 7.04. The van der Waals surface area contributed by atoms with E-state index in [1.807, 2.05) is 5.38 Å². The Kier molecular flexibility index (Phi) is 6.50. The smallest absolute Gasteiger partial charge is 0.338 e. The fraction of sp³-hybridized carbons (Fsp3) is 0.227. The van der Waals surface area contributed by atoms with Gasteiger partial charge in [-0.2, -0.15) is 5.10 Å². The van der Waals surface area contributed by atoms with Crippen LogP contribution in [0.2, 0.25) is 0 Å². The molecule has 3 N–H and O–H groups in total. The molecule has 0 aliphatic carbocycles. The van der Waals surface area contributed by atoms with Crippen molar-refractivity contribution in [2.45, 2.75) is 19.4 Å². The quantitative estimate of drug-likeness (QED) is 0.450. The molecular formula is C22H20N4O6S. The predicted molar refractivity (Wildman–Crippen MR) is 119 cm³/mol. The number of carbonyl (C=O) groups is 3. The first-order chi connectivity index (χ1) is 16.0. The lowest BCUT2D eigenvalue weighted by Gasteiger charge is -2.28. The summed E-state index contributed by atoms with van der Waals surface area (Å²) in [6.45, 7) is 1.48. The molecule has 1 aromatic carbocycles. The third kappa shape index (κ3) is 4.77. The van der Waals surface area contributed by atoms with Crippen molar-refractivity contribution in [1.82, 2.24) is 20.8 Å². The third-order valence-corrected chi connectivity index (χ3v) is 5.88. The van der Waals surface area contributed by atoms with Crippen LogP contribution in [-0.2, 0) is 25.5 Å². The first-order valence-corrected chi connectivity index (χ1v) is 11.0.